The number of thiazole rings is 1. The second-order valence-corrected chi connectivity index (χ2v) is 8.17. The minimum atomic E-state index is 0.0965. The van der Waals surface area contributed by atoms with Gasteiger partial charge in [0.15, 0.2) is 6.54 Å². The Kier molecular flexibility index (Phi) is 5.00. The highest BCUT2D eigenvalue weighted by Gasteiger charge is 2.28. The largest absolute Gasteiger partial charge is 0.327 e. The number of benzene rings is 2. The van der Waals surface area contributed by atoms with Crippen LogP contribution in [-0.4, -0.2) is 30.5 Å². The molecular formula is C21H24N3OS+. The Labute approximate surface area is 157 Å². The van der Waals surface area contributed by atoms with Gasteiger partial charge < -0.3 is 10.2 Å². The van der Waals surface area contributed by atoms with Crippen LogP contribution in [0.2, 0.25) is 0 Å². The minimum Gasteiger partial charge on any atom is -0.327 e. The van der Waals surface area contributed by atoms with Gasteiger partial charge in [-0.25, -0.2) is 4.98 Å². The Morgan fingerprint density at radius 3 is 2.88 bits per heavy atom. The number of rotatable bonds is 4. The summed E-state index contributed by atoms with van der Waals surface area (Å²) in [5, 5.41) is 4.29. The third kappa shape index (κ3) is 3.79. The highest BCUT2D eigenvalue weighted by atomic mass is 32.1. The molecule has 2 N–H and O–H groups in total. The summed E-state index contributed by atoms with van der Waals surface area (Å²) in [4.78, 5) is 18.7. The lowest BCUT2D eigenvalue weighted by Gasteiger charge is -2.28. The fraction of sp³-hybridized carbons (Fsp3) is 0.333. The summed E-state index contributed by atoms with van der Waals surface area (Å²) in [5.74, 6) is 0.557. The molecule has 0 saturated carbocycles. The summed E-state index contributed by atoms with van der Waals surface area (Å²) in [6.45, 7) is 4.59. The molecule has 0 spiro atoms. The molecule has 4 rings (SSSR count). The zero-order valence-electron chi connectivity index (χ0n) is 15.0. The third-order valence-electron chi connectivity index (χ3n) is 5.11. The first-order chi connectivity index (χ1) is 12.7. The fourth-order valence-corrected chi connectivity index (χ4v) is 4.82. The lowest BCUT2D eigenvalue weighted by molar-refractivity contribution is -0.898. The highest BCUT2D eigenvalue weighted by molar-refractivity contribution is 7.18. The zero-order valence-corrected chi connectivity index (χ0v) is 15.8. The van der Waals surface area contributed by atoms with Gasteiger partial charge in [0.2, 0.25) is 0 Å². The molecule has 2 atom stereocenters. The fourth-order valence-electron chi connectivity index (χ4n) is 3.72. The molecule has 1 aliphatic heterocycles. The smallest absolute Gasteiger partial charge is 0.279 e. The molecule has 1 aliphatic rings. The van der Waals surface area contributed by atoms with Crippen LogP contribution in [0.1, 0.15) is 29.3 Å². The van der Waals surface area contributed by atoms with Crippen LogP contribution in [0.25, 0.3) is 10.2 Å². The maximum Gasteiger partial charge on any atom is 0.279 e. The monoisotopic (exact) mass is 366 g/mol. The first kappa shape index (κ1) is 17.2. The molecule has 1 amide bonds. The lowest BCUT2D eigenvalue weighted by Crippen LogP contribution is -3.14. The molecule has 26 heavy (non-hydrogen) atoms. The van der Waals surface area contributed by atoms with E-state index < -0.39 is 0 Å². The van der Waals surface area contributed by atoms with Crippen molar-refractivity contribution in [2.24, 2.45) is 0 Å². The number of anilines is 1. The van der Waals surface area contributed by atoms with Gasteiger partial charge in [-0.1, -0.05) is 30.3 Å². The van der Waals surface area contributed by atoms with Crippen LogP contribution in [0.15, 0.2) is 48.5 Å². The maximum absolute atomic E-state index is 12.5. The third-order valence-corrected chi connectivity index (χ3v) is 6.31. The Morgan fingerprint density at radius 2 is 2.04 bits per heavy atom. The van der Waals surface area contributed by atoms with Crippen LogP contribution < -0.4 is 10.2 Å². The van der Waals surface area contributed by atoms with Crippen molar-refractivity contribution in [3.63, 3.8) is 0 Å². The Bertz CT molecular complexity index is 887. The number of amides is 1. The van der Waals surface area contributed by atoms with Gasteiger partial charge >= 0.3 is 0 Å². The van der Waals surface area contributed by atoms with Gasteiger partial charge in [-0.3, -0.25) is 4.79 Å². The first-order valence-corrected chi connectivity index (χ1v) is 10.1. The van der Waals surface area contributed by atoms with Crippen molar-refractivity contribution in [1.29, 1.82) is 0 Å². The number of piperidine rings is 1. The van der Waals surface area contributed by atoms with Crippen LogP contribution in [0.3, 0.4) is 0 Å². The van der Waals surface area contributed by atoms with Crippen LogP contribution in [0, 0.1) is 6.92 Å². The van der Waals surface area contributed by atoms with Crippen molar-refractivity contribution >= 4 is 33.1 Å². The lowest BCUT2D eigenvalue weighted by atomic mass is 9.99. The zero-order chi connectivity index (χ0) is 17.9. The standard InChI is InChI=1S/C21H23N3OS/c1-15-7-2-3-9-17(15)22-20(25)14-24-12-6-8-16(13-24)21-23-18-10-4-5-11-19(18)26-21/h2-5,7,9-11,16H,6,8,12-14H2,1H3,(H,22,25)/p+1/t16-/m1/s1. The normalized spacial score (nSPS) is 20.2. The molecule has 134 valence electrons. The van der Waals surface area contributed by atoms with E-state index in [4.69, 9.17) is 4.98 Å². The van der Waals surface area contributed by atoms with E-state index in [1.54, 1.807) is 11.3 Å². The molecule has 0 bridgehead atoms. The SMILES string of the molecule is Cc1ccccc1NC(=O)C[NH+]1CCC[C@@H](c2nc3ccccc3s2)C1. The molecule has 2 heterocycles. The van der Waals surface area contributed by atoms with Crippen molar-refractivity contribution in [2.75, 3.05) is 25.0 Å². The topological polar surface area (TPSA) is 46.4 Å². The molecule has 1 saturated heterocycles. The van der Waals surface area contributed by atoms with E-state index >= 15 is 0 Å². The summed E-state index contributed by atoms with van der Waals surface area (Å²) in [6.07, 6.45) is 2.32. The summed E-state index contributed by atoms with van der Waals surface area (Å²) in [6, 6.07) is 16.3. The van der Waals surface area contributed by atoms with Gasteiger partial charge in [-0.15, -0.1) is 11.3 Å². The second kappa shape index (κ2) is 7.56. The van der Waals surface area contributed by atoms with Gasteiger partial charge in [-0.05, 0) is 43.5 Å². The maximum atomic E-state index is 12.5. The van der Waals surface area contributed by atoms with Crippen molar-refractivity contribution in [3.8, 4) is 0 Å². The molecule has 3 aromatic rings. The number of hydrogen-bond donors (Lipinski definition) is 2. The van der Waals surface area contributed by atoms with E-state index in [1.165, 1.54) is 21.0 Å². The van der Waals surface area contributed by atoms with Crippen molar-refractivity contribution in [1.82, 2.24) is 4.98 Å². The van der Waals surface area contributed by atoms with Gasteiger partial charge in [0.1, 0.15) is 5.01 Å². The number of nitrogens with zero attached hydrogens (tertiary/aromatic N) is 1. The molecule has 4 nitrogen and oxygen atoms in total. The van der Waals surface area contributed by atoms with Gasteiger partial charge in [0.25, 0.3) is 5.91 Å². The number of aromatic nitrogens is 1. The number of fused-ring (bicyclic) bond motifs is 1. The molecule has 0 radical (unpaired) electrons. The summed E-state index contributed by atoms with van der Waals surface area (Å²) < 4.78 is 1.26. The number of nitrogens with one attached hydrogen (secondary N) is 2. The van der Waals surface area contributed by atoms with Crippen molar-refractivity contribution in [3.05, 3.63) is 59.1 Å². The number of para-hydroxylation sites is 2. The quantitative estimate of drug-likeness (QED) is 0.746. The number of aryl methyl sites for hydroxylation is 1. The van der Waals surface area contributed by atoms with Gasteiger partial charge in [0.05, 0.1) is 29.2 Å². The van der Waals surface area contributed by atoms with E-state index in [1.807, 2.05) is 37.3 Å². The predicted octanol–water partition coefficient (Wildman–Crippen LogP) is 3.01. The van der Waals surface area contributed by atoms with Crippen LogP contribution in [0.4, 0.5) is 5.69 Å². The first-order valence-electron chi connectivity index (χ1n) is 9.23. The van der Waals surface area contributed by atoms with Crippen LogP contribution in [0.5, 0.6) is 0 Å². The molecule has 5 heteroatoms. The van der Waals surface area contributed by atoms with Crippen LogP contribution in [-0.2, 0) is 4.79 Å². The molecular weight excluding hydrogens is 342 g/mol. The van der Waals surface area contributed by atoms with E-state index in [9.17, 15) is 4.79 Å². The number of quaternary nitrogens is 1. The Morgan fingerprint density at radius 1 is 1.23 bits per heavy atom. The number of hydrogen-bond acceptors (Lipinski definition) is 3. The molecule has 2 aromatic carbocycles. The second-order valence-electron chi connectivity index (χ2n) is 7.10. The van der Waals surface area contributed by atoms with Crippen molar-refractivity contribution < 1.29 is 9.69 Å². The van der Waals surface area contributed by atoms with Gasteiger partial charge in [0, 0.05) is 5.69 Å². The number of carbonyl (C=O) groups excluding carboxylic acids is 1. The average molecular weight is 367 g/mol. The molecule has 0 aliphatic carbocycles. The van der Waals surface area contributed by atoms with E-state index in [-0.39, 0.29) is 5.91 Å². The van der Waals surface area contributed by atoms with E-state index in [0.29, 0.717) is 12.5 Å². The van der Waals surface area contributed by atoms with Crippen molar-refractivity contribution in [2.45, 2.75) is 25.7 Å². The highest BCUT2D eigenvalue weighted by Crippen LogP contribution is 2.30. The Balaban J connectivity index is 1.40. The Hall–Kier alpha value is -2.24. The molecule has 1 unspecified atom stereocenters. The average Bonchev–Trinajstić information content (AvgIpc) is 3.08. The van der Waals surface area contributed by atoms with Crippen LogP contribution >= 0.6 is 11.3 Å². The summed E-state index contributed by atoms with van der Waals surface area (Å²) in [5.41, 5.74) is 3.11. The number of likely N-dealkylation sites (tertiary alicyclic amines) is 1. The van der Waals surface area contributed by atoms with E-state index in [0.717, 1.165) is 36.3 Å². The number of carbonyl (C=O) groups is 1. The van der Waals surface area contributed by atoms with E-state index in [2.05, 4.69) is 23.5 Å². The summed E-state index contributed by atoms with van der Waals surface area (Å²) in [7, 11) is 0. The minimum absolute atomic E-state index is 0.0965. The predicted molar refractivity (Wildman–Crippen MR) is 107 cm³/mol. The molecule has 1 fully saturated rings. The molecule has 1 aromatic heterocycles. The summed E-state index contributed by atoms with van der Waals surface area (Å²) >= 11 is 1.80. The van der Waals surface area contributed by atoms with Gasteiger partial charge in [-0.2, -0.15) is 0 Å².